The summed E-state index contributed by atoms with van der Waals surface area (Å²) in [6.07, 6.45) is 1.43. The number of aryl methyl sites for hydroxylation is 2. The van der Waals surface area contributed by atoms with Gasteiger partial charge in [0.2, 0.25) is 5.91 Å². The monoisotopic (exact) mass is 570 g/mol. The second-order valence-corrected chi connectivity index (χ2v) is 11.6. The highest BCUT2D eigenvalue weighted by molar-refractivity contribution is 7.21. The van der Waals surface area contributed by atoms with Crippen LogP contribution in [-0.2, 0) is 11.2 Å². The van der Waals surface area contributed by atoms with Crippen molar-refractivity contribution in [2.75, 3.05) is 24.9 Å². The average Bonchev–Trinajstić information content (AvgIpc) is 3.67. The van der Waals surface area contributed by atoms with E-state index in [1.165, 1.54) is 31.1 Å². The average molecular weight is 571 g/mol. The number of nitrogens with zero attached hydrogens (tertiary/aromatic N) is 2. The number of aromatic nitrogens is 2. The second kappa shape index (κ2) is 10.7. The molecule has 0 saturated heterocycles. The zero-order valence-corrected chi connectivity index (χ0v) is 23.7. The Morgan fingerprint density at radius 3 is 2.38 bits per heavy atom. The molecule has 0 saturated carbocycles. The molecule has 3 aromatic carbocycles. The predicted octanol–water partition coefficient (Wildman–Crippen LogP) is 6.67. The summed E-state index contributed by atoms with van der Waals surface area (Å²) in [7, 11) is 3.06. The smallest absolute Gasteiger partial charge is 0.257 e. The summed E-state index contributed by atoms with van der Waals surface area (Å²) in [4.78, 5) is 36.5. The van der Waals surface area contributed by atoms with Gasteiger partial charge >= 0.3 is 0 Å². The zero-order valence-electron chi connectivity index (χ0n) is 22.1. The summed E-state index contributed by atoms with van der Waals surface area (Å²) < 4.78 is 11.7. The van der Waals surface area contributed by atoms with Gasteiger partial charge in [0.15, 0.2) is 5.13 Å². The third-order valence-electron chi connectivity index (χ3n) is 6.81. The number of nitrogens with one attached hydrogen (secondary N) is 2. The highest BCUT2D eigenvalue weighted by Crippen LogP contribution is 2.39. The molecule has 1 aliphatic carbocycles. The number of methoxy groups -OCH3 is 2. The van der Waals surface area contributed by atoms with Gasteiger partial charge in [-0.05, 0) is 73.9 Å². The minimum atomic E-state index is -0.374. The van der Waals surface area contributed by atoms with E-state index in [0.717, 1.165) is 43.5 Å². The number of carbonyl (C=O) groups excluding carboxylic acids is 2. The number of amides is 2. The van der Waals surface area contributed by atoms with E-state index in [0.29, 0.717) is 28.6 Å². The summed E-state index contributed by atoms with van der Waals surface area (Å²) in [5.41, 5.74) is 5.04. The van der Waals surface area contributed by atoms with E-state index in [2.05, 4.69) is 34.7 Å². The van der Waals surface area contributed by atoms with Crippen LogP contribution in [0.5, 0.6) is 11.5 Å². The number of fused-ring (bicyclic) bond motifs is 2. The minimum absolute atomic E-state index is 0.109. The Bertz CT molecular complexity index is 1720. The van der Waals surface area contributed by atoms with Crippen molar-refractivity contribution in [3.8, 4) is 22.1 Å². The van der Waals surface area contributed by atoms with Gasteiger partial charge in [0.05, 0.1) is 36.0 Å². The van der Waals surface area contributed by atoms with Crippen molar-refractivity contribution >= 4 is 55.5 Å². The first kappa shape index (κ1) is 26.0. The molecular weight excluding hydrogens is 544 g/mol. The van der Waals surface area contributed by atoms with Gasteiger partial charge in [-0.15, -0.1) is 22.7 Å². The molecular formula is C30H26N4O4S2. The Morgan fingerprint density at radius 2 is 1.65 bits per heavy atom. The van der Waals surface area contributed by atoms with E-state index in [9.17, 15) is 9.59 Å². The fourth-order valence-corrected chi connectivity index (χ4v) is 6.83. The molecule has 8 nitrogen and oxygen atoms in total. The largest absolute Gasteiger partial charge is 0.497 e. The molecule has 1 aliphatic rings. The number of anilines is 2. The Balaban J connectivity index is 1.13. The molecule has 0 spiro atoms. The van der Waals surface area contributed by atoms with E-state index in [-0.39, 0.29) is 17.7 Å². The maximum absolute atomic E-state index is 13.2. The van der Waals surface area contributed by atoms with Crippen LogP contribution >= 0.6 is 22.7 Å². The molecule has 2 N–H and O–H groups in total. The summed E-state index contributed by atoms with van der Waals surface area (Å²) in [6, 6.07) is 19.0. The molecule has 202 valence electrons. The number of carbonyl (C=O) groups is 2. The van der Waals surface area contributed by atoms with E-state index in [1.807, 2.05) is 30.3 Å². The van der Waals surface area contributed by atoms with Gasteiger partial charge in [-0.1, -0.05) is 6.07 Å². The van der Waals surface area contributed by atoms with Crippen LogP contribution in [0.1, 0.15) is 38.8 Å². The SMILES string of the molecule is COc1cc(OC)cc(C(=O)Nc2nc3c(s2)CCC3C(=O)Nc2ccc(-c3nc4ccc(C)cc4s3)cc2)c1. The van der Waals surface area contributed by atoms with Crippen molar-refractivity contribution in [1.29, 1.82) is 0 Å². The van der Waals surface area contributed by atoms with Crippen molar-refractivity contribution in [3.63, 3.8) is 0 Å². The molecule has 2 aromatic heterocycles. The van der Waals surface area contributed by atoms with E-state index in [4.69, 9.17) is 14.5 Å². The first-order chi connectivity index (χ1) is 19.4. The Morgan fingerprint density at radius 1 is 0.900 bits per heavy atom. The molecule has 1 atom stereocenters. The maximum atomic E-state index is 13.2. The quantitative estimate of drug-likeness (QED) is 0.227. The summed E-state index contributed by atoms with van der Waals surface area (Å²) in [5, 5.41) is 7.30. The number of ether oxygens (including phenoxy) is 2. The third kappa shape index (κ3) is 5.15. The van der Waals surface area contributed by atoms with E-state index >= 15 is 0 Å². The van der Waals surface area contributed by atoms with Crippen LogP contribution in [0.2, 0.25) is 0 Å². The highest BCUT2D eigenvalue weighted by Gasteiger charge is 2.33. The van der Waals surface area contributed by atoms with Gasteiger partial charge in [-0.3, -0.25) is 14.9 Å². The van der Waals surface area contributed by atoms with Gasteiger partial charge < -0.3 is 14.8 Å². The van der Waals surface area contributed by atoms with Gasteiger partial charge in [0, 0.05) is 27.8 Å². The fourth-order valence-electron chi connectivity index (χ4n) is 4.72. The Hall–Kier alpha value is -4.28. The number of hydrogen-bond donors (Lipinski definition) is 2. The Kier molecular flexibility index (Phi) is 6.95. The van der Waals surface area contributed by atoms with Crippen molar-refractivity contribution in [2.45, 2.75) is 25.7 Å². The summed E-state index contributed by atoms with van der Waals surface area (Å²) in [5.74, 6) is 0.231. The maximum Gasteiger partial charge on any atom is 0.257 e. The normalized spacial score (nSPS) is 14.1. The zero-order chi connectivity index (χ0) is 27.8. The first-order valence-corrected chi connectivity index (χ1v) is 14.4. The lowest BCUT2D eigenvalue weighted by Gasteiger charge is -2.11. The van der Waals surface area contributed by atoms with Gasteiger partial charge in [-0.2, -0.15) is 0 Å². The van der Waals surface area contributed by atoms with Crippen LogP contribution in [0.25, 0.3) is 20.8 Å². The van der Waals surface area contributed by atoms with Crippen LogP contribution in [0, 0.1) is 6.92 Å². The molecule has 1 unspecified atom stereocenters. The molecule has 2 amide bonds. The van der Waals surface area contributed by atoms with Crippen molar-refractivity contribution in [3.05, 3.63) is 82.4 Å². The second-order valence-electron chi connectivity index (χ2n) is 9.53. The number of rotatable bonds is 7. The van der Waals surface area contributed by atoms with Crippen LogP contribution in [0.15, 0.2) is 60.7 Å². The van der Waals surface area contributed by atoms with Gasteiger partial charge in [0.25, 0.3) is 5.91 Å². The lowest BCUT2D eigenvalue weighted by atomic mass is 10.1. The molecule has 40 heavy (non-hydrogen) atoms. The molecule has 0 aliphatic heterocycles. The van der Waals surface area contributed by atoms with E-state index < -0.39 is 0 Å². The molecule has 6 rings (SSSR count). The van der Waals surface area contributed by atoms with Crippen molar-refractivity contribution < 1.29 is 19.1 Å². The number of thiazole rings is 2. The summed E-state index contributed by atoms with van der Waals surface area (Å²) >= 11 is 3.06. The molecule has 2 heterocycles. The number of benzene rings is 3. The number of hydrogen-bond acceptors (Lipinski definition) is 8. The van der Waals surface area contributed by atoms with Gasteiger partial charge in [-0.25, -0.2) is 9.97 Å². The van der Waals surface area contributed by atoms with E-state index in [1.54, 1.807) is 29.5 Å². The van der Waals surface area contributed by atoms with Crippen LogP contribution in [0.3, 0.4) is 0 Å². The van der Waals surface area contributed by atoms with Crippen LogP contribution in [0.4, 0.5) is 10.8 Å². The van der Waals surface area contributed by atoms with Gasteiger partial charge in [0.1, 0.15) is 16.5 Å². The molecule has 0 fully saturated rings. The third-order valence-corrected chi connectivity index (χ3v) is 8.93. The standard InChI is InChI=1S/C30H26N4O4S2/c1-16-4-10-23-25(12-16)39-29(32-23)17-5-7-19(8-6-17)31-28(36)22-9-11-24-26(22)33-30(40-24)34-27(35)18-13-20(37-2)15-21(14-18)38-3/h4-8,10,12-15,22H,9,11H2,1-3H3,(H,31,36)(H,33,34,35). The minimum Gasteiger partial charge on any atom is -0.497 e. The molecule has 0 bridgehead atoms. The highest BCUT2D eigenvalue weighted by atomic mass is 32.1. The fraction of sp³-hybridized carbons (Fsp3) is 0.200. The molecule has 5 aromatic rings. The summed E-state index contributed by atoms with van der Waals surface area (Å²) in [6.45, 7) is 2.08. The van der Waals surface area contributed by atoms with Crippen molar-refractivity contribution in [2.24, 2.45) is 0 Å². The lowest BCUT2D eigenvalue weighted by molar-refractivity contribution is -0.117. The Labute approximate surface area is 239 Å². The first-order valence-electron chi connectivity index (χ1n) is 12.7. The predicted molar refractivity (Wildman–Crippen MR) is 159 cm³/mol. The molecule has 10 heteroatoms. The van der Waals surface area contributed by atoms with Crippen LogP contribution < -0.4 is 20.1 Å². The van der Waals surface area contributed by atoms with Crippen LogP contribution in [-0.4, -0.2) is 36.0 Å². The molecule has 0 radical (unpaired) electrons. The van der Waals surface area contributed by atoms with Crippen molar-refractivity contribution in [1.82, 2.24) is 9.97 Å². The topological polar surface area (TPSA) is 102 Å². The lowest BCUT2D eigenvalue weighted by Crippen LogP contribution is -2.20.